The number of hydrogen-bond acceptors (Lipinski definition) is 8. The summed E-state index contributed by atoms with van der Waals surface area (Å²) in [6, 6.07) is 12.3. The summed E-state index contributed by atoms with van der Waals surface area (Å²) < 4.78 is 10.4. The van der Waals surface area contributed by atoms with Crippen molar-refractivity contribution in [2.24, 2.45) is 0 Å². The molecule has 32 heavy (non-hydrogen) atoms. The van der Waals surface area contributed by atoms with Crippen LogP contribution in [0.4, 0.5) is 16.6 Å². The lowest BCUT2D eigenvalue weighted by Gasteiger charge is -2.09. The average Bonchev–Trinajstić information content (AvgIpc) is 2.79. The number of rotatable bonds is 6. The van der Waals surface area contributed by atoms with Crippen molar-refractivity contribution >= 4 is 28.8 Å². The minimum absolute atomic E-state index is 0.267. The third kappa shape index (κ3) is 4.64. The van der Waals surface area contributed by atoms with Gasteiger partial charge in [-0.2, -0.15) is 0 Å². The first-order chi connectivity index (χ1) is 15.6. The van der Waals surface area contributed by atoms with E-state index in [0.29, 0.717) is 46.6 Å². The molecule has 0 aliphatic rings. The Morgan fingerprint density at radius 2 is 1.94 bits per heavy atom. The Morgan fingerprint density at radius 1 is 1.09 bits per heavy atom. The highest BCUT2D eigenvalue weighted by molar-refractivity contribution is 5.84. The molecule has 0 saturated carbocycles. The van der Waals surface area contributed by atoms with Gasteiger partial charge < -0.3 is 14.8 Å². The van der Waals surface area contributed by atoms with E-state index in [2.05, 4.69) is 35.3 Å². The fourth-order valence-electron chi connectivity index (χ4n) is 2.99. The van der Waals surface area contributed by atoms with Gasteiger partial charge in [-0.1, -0.05) is 6.07 Å². The van der Waals surface area contributed by atoms with Crippen LogP contribution in [0, 0.1) is 0 Å². The van der Waals surface area contributed by atoms with Gasteiger partial charge in [0.05, 0.1) is 23.9 Å². The summed E-state index contributed by atoms with van der Waals surface area (Å²) in [5.41, 5.74) is 1.34. The van der Waals surface area contributed by atoms with E-state index < -0.39 is 6.09 Å². The summed E-state index contributed by atoms with van der Waals surface area (Å²) in [4.78, 5) is 39.3. The molecule has 162 valence electrons. The summed E-state index contributed by atoms with van der Waals surface area (Å²) >= 11 is 0. The van der Waals surface area contributed by atoms with Crippen molar-refractivity contribution in [1.29, 1.82) is 0 Å². The number of carbonyl (C=O) groups excluding carboxylic acids is 1. The molecule has 1 amide bonds. The number of nitrogens with one attached hydrogen (secondary N) is 3. The van der Waals surface area contributed by atoms with E-state index in [1.54, 1.807) is 30.3 Å². The number of fused-ring (bicyclic) bond motifs is 1. The van der Waals surface area contributed by atoms with Gasteiger partial charge in [-0.15, -0.1) is 0 Å². The van der Waals surface area contributed by atoms with Crippen LogP contribution in [0.2, 0.25) is 0 Å². The minimum atomic E-state index is -0.618. The Morgan fingerprint density at radius 3 is 2.72 bits per heavy atom. The zero-order chi connectivity index (χ0) is 22.5. The van der Waals surface area contributed by atoms with Crippen molar-refractivity contribution in [3.05, 3.63) is 65.2 Å². The fraction of sp³-hybridized carbons (Fsp3) is 0.136. The van der Waals surface area contributed by atoms with E-state index >= 15 is 0 Å². The Kier molecular flexibility index (Phi) is 5.93. The number of amides is 1. The van der Waals surface area contributed by atoms with Crippen molar-refractivity contribution in [2.75, 3.05) is 24.3 Å². The standard InChI is InChI=1S/C22H20N6O4/c1-3-23-21-25-12-16(20(29)28-21)18-6-4-13-10-14(5-7-17(13)26-18)32-15-8-9-24-19(11-15)27-22(30)31-2/h4-12H,3H2,1-2H3,(H,24,27,30)(H2,23,25,28,29). The van der Waals surface area contributed by atoms with Crippen LogP contribution in [0.1, 0.15) is 6.92 Å². The molecule has 0 aliphatic carbocycles. The number of aromatic nitrogens is 4. The number of pyridine rings is 2. The van der Waals surface area contributed by atoms with E-state index in [9.17, 15) is 9.59 Å². The fourth-order valence-corrected chi connectivity index (χ4v) is 2.99. The quantitative estimate of drug-likeness (QED) is 0.419. The summed E-state index contributed by atoms with van der Waals surface area (Å²) in [5, 5.41) is 6.29. The van der Waals surface area contributed by atoms with Gasteiger partial charge in [-0.05, 0) is 37.3 Å². The molecule has 10 nitrogen and oxygen atoms in total. The molecular formula is C22H20N6O4. The highest BCUT2D eigenvalue weighted by Crippen LogP contribution is 2.27. The van der Waals surface area contributed by atoms with Gasteiger partial charge in [-0.25, -0.2) is 19.7 Å². The van der Waals surface area contributed by atoms with Crippen molar-refractivity contribution in [1.82, 2.24) is 19.9 Å². The predicted octanol–water partition coefficient (Wildman–Crippen LogP) is 3.78. The molecule has 0 unspecified atom stereocenters. The second-order valence-electron chi connectivity index (χ2n) is 6.65. The van der Waals surface area contributed by atoms with E-state index in [0.717, 1.165) is 5.39 Å². The normalized spacial score (nSPS) is 10.6. The number of benzene rings is 1. The smallest absolute Gasteiger partial charge is 0.412 e. The molecule has 0 bridgehead atoms. The van der Waals surface area contributed by atoms with Crippen molar-refractivity contribution in [2.45, 2.75) is 6.92 Å². The molecule has 0 spiro atoms. The molecular weight excluding hydrogens is 412 g/mol. The third-order valence-corrected chi connectivity index (χ3v) is 4.46. The number of anilines is 2. The average molecular weight is 432 g/mol. The summed E-state index contributed by atoms with van der Waals surface area (Å²) in [7, 11) is 1.27. The molecule has 3 aromatic heterocycles. The lowest BCUT2D eigenvalue weighted by molar-refractivity contribution is 0.187. The molecule has 0 fully saturated rings. The molecule has 10 heteroatoms. The maximum absolute atomic E-state index is 12.4. The van der Waals surface area contributed by atoms with Crippen LogP contribution >= 0.6 is 0 Å². The second kappa shape index (κ2) is 9.13. The zero-order valence-electron chi connectivity index (χ0n) is 17.4. The molecule has 4 aromatic rings. The molecule has 1 aromatic carbocycles. The van der Waals surface area contributed by atoms with Crippen LogP contribution in [-0.2, 0) is 4.74 Å². The number of methoxy groups -OCH3 is 1. The second-order valence-corrected chi connectivity index (χ2v) is 6.65. The molecule has 3 N–H and O–H groups in total. The van der Waals surface area contributed by atoms with Crippen LogP contribution in [0.25, 0.3) is 22.2 Å². The first kappa shape index (κ1) is 20.8. The molecule has 0 atom stereocenters. The van der Waals surface area contributed by atoms with Gasteiger partial charge in [0.2, 0.25) is 5.95 Å². The Hall–Kier alpha value is -4.47. The Bertz CT molecular complexity index is 1340. The van der Waals surface area contributed by atoms with Gasteiger partial charge >= 0.3 is 6.09 Å². The van der Waals surface area contributed by atoms with Crippen LogP contribution in [0.15, 0.2) is 59.7 Å². The van der Waals surface area contributed by atoms with Crippen LogP contribution in [0.5, 0.6) is 11.5 Å². The molecule has 0 aliphatic heterocycles. The molecule has 0 radical (unpaired) electrons. The molecule has 0 saturated heterocycles. The number of nitrogens with zero attached hydrogens (tertiary/aromatic N) is 3. The maximum atomic E-state index is 12.4. The number of H-pyrrole nitrogens is 1. The lowest BCUT2D eigenvalue weighted by atomic mass is 10.1. The zero-order valence-corrected chi connectivity index (χ0v) is 17.4. The summed E-state index contributed by atoms with van der Waals surface area (Å²) in [5.74, 6) is 1.80. The number of aromatic amines is 1. The van der Waals surface area contributed by atoms with Crippen molar-refractivity contribution < 1.29 is 14.3 Å². The molecule has 3 heterocycles. The number of carbonyl (C=O) groups is 1. The van der Waals surface area contributed by atoms with Gasteiger partial charge in [-0.3, -0.25) is 15.1 Å². The third-order valence-electron chi connectivity index (χ3n) is 4.46. The lowest BCUT2D eigenvalue weighted by Crippen LogP contribution is -2.14. The molecule has 4 rings (SSSR count). The van der Waals surface area contributed by atoms with E-state index in [1.807, 2.05) is 19.1 Å². The highest BCUT2D eigenvalue weighted by atomic mass is 16.5. The van der Waals surface area contributed by atoms with Crippen LogP contribution in [-0.4, -0.2) is 39.7 Å². The van der Waals surface area contributed by atoms with Gasteiger partial charge in [0, 0.05) is 30.4 Å². The van der Waals surface area contributed by atoms with Gasteiger partial charge in [0.25, 0.3) is 5.56 Å². The predicted molar refractivity (Wildman–Crippen MR) is 120 cm³/mol. The summed E-state index contributed by atoms with van der Waals surface area (Å²) in [6.07, 6.45) is 2.40. The van der Waals surface area contributed by atoms with Crippen molar-refractivity contribution in [3.63, 3.8) is 0 Å². The van der Waals surface area contributed by atoms with E-state index in [1.165, 1.54) is 19.5 Å². The number of ether oxygens (including phenoxy) is 2. The van der Waals surface area contributed by atoms with E-state index in [-0.39, 0.29) is 5.56 Å². The minimum Gasteiger partial charge on any atom is -0.457 e. The summed E-state index contributed by atoms with van der Waals surface area (Å²) in [6.45, 7) is 2.58. The van der Waals surface area contributed by atoms with E-state index in [4.69, 9.17) is 4.74 Å². The SMILES string of the molecule is CCNc1ncc(-c2ccc3cc(Oc4ccnc(NC(=O)OC)c4)ccc3n2)c(=O)[nH]1. The van der Waals surface area contributed by atoms with Crippen LogP contribution in [0.3, 0.4) is 0 Å². The number of hydrogen-bond donors (Lipinski definition) is 3. The highest BCUT2D eigenvalue weighted by Gasteiger charge is 2.09. The van der Waals surface area contributed by atoms with Crippen molar-refractivity contribution in [3.8, 4) is 22.8 Å². The first-order valence-electron chi connectivity index (χ1n) is 9.79. The van der Waals surface area contributed by atoms with Gasteiger partial charge in [0.15, 0.2) is 0 Å². The monoisotopic (exact) mass is 432 g/mol. The maximum Gasteiger partial charge on any atom is 0.412 e. The Balaban J connectivity index is 1.57. The van der Waals surface area contributed by atoms with Crippen LogP contribution < -0.4 is 20.9 Å². The van der Waals surface area contributed by atoms with Gasteiger partial charge in [0.1, 0.15) is 17.3 Å². The topological polar surface area (TPSA) is 131 Å². The first-order valence-corrected chi connectivity index (χ1v) is 9.79. The Labute approximate surface area is 182 Å². The largest absolute Gasteiger partial charge is 0.457 e.